The molecule has 1 aliphatic carbocycles. The van der Waals surface area contributed by atoms with Crippen molar-refractivity contribution in [1.82, 2.24) is 0 Å². The molecule has 2 amide bonds. The molecule has 0 N–H and O–H groups in total. The fourth-order valence-corrected chi connectivity index (χ4v) is 5.84. The summed E-state index contributed by atoms with van der Waals surface area (Å²) in [5, 5.41) is 0. The number of nitrogens with zero attached hydrogens (tertiary/aromatic N) is 2. The first-order valence-corrected chi connectivity index (χ1v) is 12.9. The van der Waals surface area contributed by atoms with Crippen LogP contribution in [0.25, 0.3) is 0 Å². The first-order chi connectivity index (χ1) is 18.6. The minimum atomic E-state index is -0.493. The maximum Gasteiger partial charge on any atom is 0.338 e. The second-order valence-corrected chi connectivity index (χ2v) is 9.74. The number of fused-ring (bicyclic) bond motifs is 4. The highest BCUT2D eigenvalue weighted by molar-refractivity contribution is 6.22. The van der Waals surface area contributed by atoms with Gasteiger partial charge < -0.3 is 14.4 Å². The summed E-state index contributed by atoms with van der Waals surface area (Å²) in [4.78, 5) is 43.4. The number of amides is 2. The molecule has 0 saturated carbocycles. The summed E-state index contributed by atoms with van der Waals surface area (Å²) in [6.45, 7) is 2.83. The third-order valence-corrected chi connectivity index (χ3v) is 7.64. The largest absolute Gasteiger partial charge is 0.487 e. The number of carbonyl (C=O) groups excluding carboxylic acids is 3. The Morgan fingerprint density at radius 3 is 2.34 bits per heavy atom. The van der Waals surface area contributed by atoms with E-state index in [-0.39, 0.29) is 24.3 Å². The number of carbonyl (C=O) groups is 3. The highest BCUT2D eigenvalue weighted by Crippen LogP contribution is 2.47. The molecule has 192 valence electrons. The summed E-state index contributed by atoms with van der Waals surface area (Å²) in [5.74, 6) is -1.23. The summed E-state index contributed by atoms with van der Waals surface area (Å²) in [7, 11) is 0. The molecule has 7 nitrogen and oxygen atoms in total. The van der Waals surface area contributed by atoms with E-state index in [1.807, 2.05) is 48.5 Å². The van der Waals surface area contributed by atoms with Gasteiger partial charge in [-0.2, -0.15) is 0 Å². The fraction of sp³-hybridized carbons (Fsp3) is 0.258. The number of allylic oxidation sites excluding steroid dienone is 1. The van der Waals surface area contributed by atoms with Gasteiger partial charge in [0.2, 0.25) is 11.8 Å². The van der Waals surface area contributed by atoms with Crippen molar-refractivity contribution >= 4 is 34.8 Å². The lowest BCUT2D eigenvalue weighted by Gasteiger charge is -2.39. The Hall–Kier alpha value is -4.39. The molecule has 0 radical (unpaired) electrons. The highest BCUT2D eigenvalue weighted by Gasteiger charge is 2.54. The molecule has 0 unspecified atom stereocenters. The van der Waals surface area contributed by atoms with Crippen molar-refractivity contribution in [1.29, 1.82) is 0 Å². The Morgan fingerprint density at radius 2 is 1.63 bits per heavy atom. The van der Waals surface area contributed by atoms with E-state index >= 15 is 0 Å². The molecule has 3 aliphatic rings. The number of benzene rings is 3. The minimum Gasteiger partial charge on any atom is -0.487 e. The van der Waals surface area contributed by atoms with Crippen molar-refractivity contribution in [2.45, 2.75) is 13.3 Å². The van der Waals surface area contributed by atoms with Gasteiger partial charge in [0.25, 0.3) is 0 Å². The molecule has 0 aromatic heterocycles. The number of esters is 1. The average Bonchev–Trinajstić information content (AvgIpc) is 3.20. The van der Waals surface area contributed by atoms with E-state index < -0.39 is 17.8 Å². The maximum atomic E-state index is 13.9. The topological polar surface area (TPSA) is 76.2 Å². The van der Waals surface area contributed by atoms with Gasteiger partial charge >= 0.3 is 5.97 Å². The SMILES string of the molecule is CCOC(=O)c1ccc2c(c1)N(c1ccccc1)C[C@@H]1C(=CC[C@@H]3C(=O)N(c4ccccc4)C(=O)[C@@H]31)CO2. The summed E-state index contributed by atoms with van der Waals surface area (Å²) in [6, 6.07) is 24.2. The third kappa shape index (κ3) is 4.04. The van der Waals surface area contributed by atoms with E-state index in [0.717, 1.165) is 16.9 Å². The Kier molecular flexibility index (Phi) is 6.19. The Morgan fingerprint density at radius 1 is 0.921 bits per heavy atom. The van der Waals surface area contributed by atoms with Crippen molar-refractivity contribution in [3.63, 3.8) is 0 Å². The average molecular weight is 509 g/mol. The van der Waals surface area contributed by atoms with Crippen molar-refractivity contribution in [3.05, 3.63) is 96.1 Å². The molecule has 3 aromatic carbocycles. The Labute approximate surface area is 221 Å². The van der Waals surface area contributed by atoms with Crippen LogP contribution >= 0.6 is 0 Å². The smallest absolute Gasteiger partial charge is 0.338 e. The summed E-state index contributed by atoms with van der Waals surface area (Å²) < 4.78 is 11.5. The molecule has 3 atom stereocenters. The van der Waals surface area contributed by atoms with Gasteiger partial charge in [0.15, 0.2) is 0 Å². The second-order valence-electron chi connectivity index (χ2n) is 9.74. The minimum absolute atomic E-state index is 0.152. The number of rotatable bonds is 4. The number of anilines is 3. The lowest BCUT2D eigenvalue weighted by atomic mass is 9.72. The monoisotopic (exact) mass is 508 g/mol. The normalized spacial score (nSPS) is 22.3. The predicted octanol–water partition coefficient (Wildman–Crippen LogP) is 5.15. The van der Waals surface area contributed by atoms with Crippen LogP contribution in [0.3, 0.4) is 0 Å². The molecular formula is C31H28N2O5. The molecule has 7 heteroatoms. The summed E-state index contributed by atoms with van der Waals surface area (Å²) in [5.41, 5.74) is 3.67. The molecule has 38 heavy (non-hydrogen) atoms. The number of hydrogen-bond donors (Lipinski definition) is 0. The first-order valence-electron chi connectivity index (χ1n) is 12.9. The van der Waals surface area contributed by atoms with E-state index in [1.54, 1.807) is 37.3 Å². The lowest BCUT2D eigenvalue weighted by Crippen LogP contribution is -2.41. The maximum absolute atomic E-state index is 13.9. The standard InChI is InChI=1S/C31H28N2O5/c1-2-37-31(36)20-14-16-27-26(17-20)32(22-9-5-3-6-10-22)18-25-21(19-38-27)13-15-24-28(25)30(35)33(29(24)34)23-11-7-4-8-12-23/h3-14,16-17,24-25,28H,2,15,18-19H2,1H3/t24-,25+,28-/m0/s1. The van der Waals surface area contributed by atoms with Gasteiger partial charge in [-0.25, -0.2) is 4.79 Å². The van der Waals surface area contributed by atoms with Crippen LogP contribution in [0, 0.1) is 17.8 Å². The zero-order valence-electron chi connectivity index (χ0n) is 21.1. The van der Waals surface area contributed by atoms with Crippen LogP contribution in [0.1, 0.15) is 23.7 Å². The van der Waals surface area contributed by atoms with Crippen LogP contribution in [0.15, 0.2) is 90.5 Å². The Balaban J connectivity index is 1.43. The van der Waals surface area contributed by atoms with Gasteiger partial charge in [-0.3, -0.25) is 14.5 Å². The zero-order valence-corrected chi connectivity index (χ0v) is 21.1. The van der Waals surface area contributed by atoms with Gasteiger partial charge in [-0.1, -0.05) is 42.5 Å². The molecule has 6 rings (SSSR count). The van der Waals surface area contributed by atoms with Crippen LogP contribution in [0.5, 0.6) is 5.75 Å². The van der Waals surface area contributed by atoms with Crippen molar-refractivity contribution < 1.29 is 23.9 Å². The van der Waals surface area contributed by atoms with E-state index in [0.29, 0.717) is 36.6 Å². The van der Waals surface area contributed by atoms with Gasteiger partial charge in [0.05, 0.1) is 35.4 Å². The first kappa shape index (κ1) is 24.0. The van der Waals surface area contributed by atoms with Crippen LogP contribution in [0.4, 0.5) is 17.1 Å². The van der Waals surface area contributed by atoms with Gasteiger partial charge in [-0.05, 0) is 61.4 Å². The van der Waals surface area contributed by atoms with Gasteiger partial charge in [0.1, 0.15) is 12.4 Å². The van der Waals surface area contributed by atoms with Crippen LogP contribution in [-0.2, 0) is 14.3 Å². The van der Waals surface area contributed by atoms with Crippen molar-refractivity contribution in [2.24, 2.45) is 17.8 Å². The van der Waals surface area contributed by atoms with Gasteiger partial charge in [-0.15, -0.1) is 0 Å². The lowest BCUT2D eigenvalue weighted by molar-refractivity contribution is -0.122. The summed E-state index contributed by atoms with van der Waals surface area (Å²) >= 11 is 0. The van der Waals surface area contributed by atoms with Crippen LogP contribution in [-0.4, -0.2) is 37.5 Å². The third-order valence-electron chi connectivity index (χ3n) is 7.64. The number of ether oxygens (including phenoxy) is 2. The molecule has 1 fully saturated rings. The van der Waals surface area contributed by atoms with E-state index in [1.165, 1.54) is 4.90 Å². The predicted molar refractivity (Wildman–Crippen MR) is 143 cm³/mol. The highest BCUT2D eigenvalue weighted by atomic mass is 16.5. The Bertz CT molecular complexity index is 1420. The molecule has 2 aliphatic heterocycles. The number of imide groups is 1. The van der Waals surface area contributed by atoms with Crippen LogP contribution < -0.4 is 14.5 Å². The molecule has 2 heterocycles. The van der Waals surface area contributed by atoms with E-state index in [2.05, 4.69) is 11.0 Å². The molecule has 1 saturated heterocycles. The van der Waals surface area contributed by atoms with Crippen LogP contribution in [0.2, 0.25) is 0 Å². The van der Waals surface area contributed by atoms with Crippen molar-refractivity contribution in [3.8, 4) is 5.75 Å². The zero-order chi connectivity index (χ0) is 26.2. The molecular weight excluding hydrogens is 480 g/mol. The molecule has 0 spiro atoms. The second kappa shape index (κ2) is 9.82. The van der Waals surface area contributed by atoms with Gasteiger partial charge in [0, 0.05) is 18.2 Å². The summed E-state index contributed by atoms with van der Waals surface area (Å²) in [6.07, 6.45) is 2.58. The van der Waals surface area contributed by atoms with E-state index in [4.69, 9.17) is 9.47 Å². The van der Waals surface area contributed by atoms with E-state index in [9.17, 15) is 14.4 Å². The quantitative estimate of drug-likeness (QED) is 0.276. The fourth-order valence-electron chi connectivity index (χ4n) is 5.84. The molecule has 0 bridgehead atoms. The molecule has 3 aromatic rings. The number of para-hydroxylation sites is 2. The number of hydrogen-bond acceptors (Lipinski definition) is 6. The van der Waals surface area contributed by atoms with Crippen molar-refractivity contribution in [2.75, 3.05) is 29.6 Å².